The molecule has 4 rings (SSSR count). The molecule has 1 aliphatic rings. The van der Waals surface area contributed by atoms with Crippen LogP contribution in [0.4, 0.5) is 0 Å². The lowest BCUT2D eigenvalue weighted by Gasteiger charge is -2.21. The van der Waals surface area contributed by atoms with E-state index in [4.69, 9.17) is 4.98 Å². The van der Waals surface area contributed by atoms with E-state index in [1.165, 1.54) is 43.0 Å². The lowest BCUT2D eigenvalue weighted by molar-refractivity contribution is -0.121. The number of carbonyl (C=O) groups is 1. The average molecular weight is 394 g/mol. The van der Waals surface area contributed by atoms with Crippen LogP contribution in [-0.2, 0) is 4.79 Å². The Labute approximate surface area is 170 Å². The van der Waals surface area contributed by atoms with Crippen LogP contribution >= 0.6 is 11.8 Å². The summed E-state index contributed by atoms with van der Waals surface area (Å²) in [6.07, 6.45) is 7.14. The minimum absolute atomic E-state index is 0.0831. The molecular formula is C23H27N3OS. The summed E-state index contributed by atoms with van der Waals surface area (Å²) in [5.41, 5.74) is 4.15. The number of H-pyrrole nitrogens is 1. The van der Waals surface area contributed by atoms with E-state index in [2.05, 4.69) is 29.4 Å². The number of hydrogen-bond donors (Lipinski definition) is 2. The summed E-state index contributed by atoms with van der Waals surface area (Å²) in [4.78, 5) is 21.3. The fourth-order valence-corrected chi connectivity index (χ4v) is 4.88. The first kappa shape index (κ1) is 19.1. The monoisotopic (exact) mass is 393 g/mol. The van der Waals surface area contributed by atoms with Crippen molar-refractivity contribution in [2.24, 2.45) is 0 Å². The first-order chi connectivity index (χ1) is 13.7. The molecule has 0 aliphatic heterocycles. The van der Waals surface area contributed by atoms with E-state index < -0.39 is 0 Å². The van der Waals surface area contributed by atoms with Gasteiger partial charge in [0.05, 0.1) is 11.0 Å². The number of thioether (sulfide) groups is 1. The number of aryl methyl sites for hydroxylation is 1. The maximum Gasteiger partial charge on any atom is 0.238 e. The Kier molecular flexibility index (Phi) is 6.01. The maximum absolute atomic E-state index is 13.2. The van der Waals surface area contributed by atoms with Crippen LogP contribution in [0.3, 0.4) is 0 Å². The molecule has 1 unspecified atom stereocenters. The predicted octanol–water partition coefficient (Wildman–Crippen LogP) is 5.54. The molecule has 0 saturated heterocycles. The van der Waals surface area contributed by atoms with Crippen molar-refractivity contribution in [3.05, 3.63) is 59.7 Å². The summed E-state index contributed by atoms with van der Waals surface area (Å²) < 4.78 is 0. The van der Waals surface area contributed by atoms with Gasteiger partial charge in [-0.25, -0.2) is 4.98 Å². The van der Waals surface area contributed by atoms with Crippen LogP contribution in [0.5, 0.6) is 0 Å². The van der Waals surface area contributed by atoms with E-state index in [0.717, 1.165) is 34.6 Å². The average Bonchev–Trinajstić information content (AvgIpc) is 2.92. The normalized spacial score (nSPS) is 16.6. The zero-order valence-corrected chi connectivity index (χ0v) is 17.1. The molecular weight excluding hydrogens is 366 g/mol. The second kappa shape index (κ2) is 8.82. The van der Waals surface area contributed by atoms with Gasteiger partial charge >= 0.3 is 0 Å². The number of nitrogens with one attached hydrogen (secondary N) is 2. The van der Waals surface area contributed by atoms with E-state index in [1.807, 2.05) is 36.4 Å². The molecule has 0 spiro atoms. The van der Waals surface area contributed by atoms with E-state index in [9.17, 15) is 4.79 Å². The SMILES string of the molecule is Cc1ccc2nc(SC(C(=O)NC3CCCCCC3)c3ccccc3)[nH]c2c1. The van der Waals surface area contributed by atoms with Gasteiger partial charge in [0.2, 0.25) is 5.91 Å². The van der Waals surface area contributed by atoms with E-state index in [1.54, 1.807) is 0 Å². The van der Waals surface area contributed by atoms with Crippen molar-refractivity contribution in [1.82, 2.24) is 15.3 Å². The van der Waals surface area contributed by atoms with Gasteiger partial charge in [-0.2, -0.15) is 0 Å². The smallest absolute Gasteiger partial charge is 0.238 e. The second-order valence-electron chi connectivity index (χ2n) is 7.67. The fraction of sp³-hybridized carbons (Fsp3) is 0.391. The Morgan fingerprint density at radius 3 is 2.61 bits per heavy atom. The molecule has 2 aromatic carbocycles. The molecule has 4 nitrogen and oxygen atoms in total. The molecule has 3 aromatic rings. The Morgan fingerprint density at radius 2 is 1.86 bits per heavy atom. The first-order valence-electron chi connectivity index (χ1n) is 10.2. The van der Waals surface area contributed by atoms with Crippen molar-refractivity contribution in [1.29, 1.82) is 0 Å². The lowest BCUT2D eigenvalue weighted by Crippen LogP contribution is -2.37. The number of hydrogen-bond acceptors (Lipinski definition) is 3. The van der Waals surface area contributed by atoms with Gasteiger partial charge in [0.1, 0.15) is 5.25 Å². The number of aromatic nitrogens is 2. The van der Waals surface area contributed by atoms with Crippen molar-refractivity contribution >= 4 is 28.7 Å². The maximum atomic E-state index is 13.2. The minimum Gasteiger partial charge on any atom is -0.352 e. The van der Waals surface area contributed by atoms with Crippen molar-refractivity contribution in [2.45, 2.75) is 61.9 Å². The Hall–Kier alpha value is -2.27. The summed E-state index contributed by atoms with van der Waals surface area (Å²) in [6.45, 7) is 2.07. The van der Waals surface area contributed by atoms with Crippen LogP contribution in [0.25, 0.3) is 11.0 Å². The molecule has 1 aliphatic carbocycles. The largest absolute Gasteiger partial charge is 0.352 e. The van der Waals surface area contributed by atoms with Crippen LogP contribution in [0.15, 0.2) is 53.7 Å². The number of benzene rings is 2. The Balaban J connectivity index is 1.56. The van der Waals surface area contributed by atoms with Gasteiger partial charge in [-0.3, -0.25) is 4.79 Å². The van der Waals surface area contributed by atoms with Crippen LogP contribution in [0, 0.1) is 6.92 Å². The van der Waals surface area contributed by atoms with Crippen molar-refractivity contribution in [3.63, 3.8) is 0 Å². The highest BCUT2D eigenvalue weighted by Gasteiger charge is 2.26. The molecule has 0 bridgehead atoms. The van der Waals surface area contributed by atoms with Crippen molar-refractivity contribution in [3.8, 4) is 0 Å². The van der Waals surface area contributed by atoms with Crippen LogP contribution in [0.1, 0.15) is 54.9 Å². The first-order valence-corrected chi connectivity index (χ1v) is 11.1. The van der Waals surface area contributed by atoms with Gasteiger partial charge in [-0.15, -0.1) is 0 Å². The number of amides is 1. The molecule has 0 radical (unpaired) electrons. The summed E-state index contributed by atoms with van der Waals surface area (Å²) in [6, 6.07) is 16.5. The molecule has 1 atom stereocenters. The van der Waals surface area contributed by atoms with Crippen LogP contribution in [0.2, 0.25) is 0 Å². The van der Waals surface area contributed by atoms with Gasteiger partial charge in [0, 0.05) is 6.04 Å². The van der Waals surface area contributed by atoms with Gasteiger partial charge in [0.15, 0.2) is 5.16 Å². The predicted molar refractivity (Wildman–Crippen MR) is 116 cm³/mol. The number of aromatic amines is 1. The fourth-order valence-electron chi connectivity index (χ4n) is 3.87. The zero-order valence-electron chi connectivity index (χ0n) is 16.3. The third-order valence-corrected chi connectivity index (χ3v) is 6.53. The van der Waals surface area contributed by atoms with E-state index in [0.29, 0.717) is 6.04 Å². The van der Waals surface area contributed by atoms with Gasteiger partial charge in [0.25, 0.3) is 0 Å². The molecule has 2 N–H and O–H groups in total. The minimum atomic E-state index is -0.314. The highest BCUT2D eigenvalue weighted by molar-refractivity contribution is 8.00. The van der Waals surface area contributed by atoms with E-state index in [-0.39, 0.29) is 11.2 Å². The molecule has 5 heteroatoms. The Bertz CT molecular complexity index is 929. The molecule has 1 saturated carbocycles. The Morgan fingerprint density at radius 1 is 1.11 bits per heavy atom. The van der Waals surface area contributed by atoms with Gasteiger partial charge in [-0.1, -0.05) is 73.8 Å². The third kappa shape index (κ3) is 4.58. The standard InChI is InChI=1S/C23H27N3OS/c1-16-13-14-19-20(15-16)26-23(25-19)28-21(17-9-5-4-6-10-17)22(27)24-18-11-7-2-3-8-12-18/h4-6,9-10,13-15,18,21H,2-3,7-8,11-12H2,1H3,(H,24,27)(H,25,26). The van der Waals surface area contributed by atoms with Gasteiger partial charge < -0.3 is 10.3 Å². The molecule has 1 amide bonds. The molecule has 146 valence electrons. The van der Waals surface area contributed by atoms with Crippen molar-refractivity contribution < 1.29 is 4.79 Å². The molecule has 28 heavy (non-hydrogen) atoms. The summed E-state index contributed by atoms with van der Waals surface area (Å²) >= 11 is 1.50. The summed E-state index contributed by atoms with van der Waals surface area (Å²) in [5, 5.41) is 3.79. The summed E-state index contributed by atoms with van der Waals surface area (Å²) in [7, 11) is 0. The quantitative estimate of drug-likeness (QED) is 0.442. The second-order valence-corrected chi connectivity index (χ2v) is 8.76. The highest BCUT2D eigenvalue weighted by atomic mass is 32.2. The van der Waals surface area contributed by atoms with Crippen LogP contribution in [-0.4, -0.2) is 21.9 Å². The number of imidazole rings is 1. The topological polar surface area (TPSA) is 57.8 Å². The number of rotatable bonds is 5. The van der Waals surface area contributed by atoms with E-state index >= 15 is 0 Å². The summed E-state index contributed by atoms with van der Waals surface area (Å²) in [5.74, 6) is 0.0831. The van der Waals surface area contributed by atoms with Crippen molar-refractivity contribution in [2.75, 3.05) is 0 Å². The number of fused-ring (bicyclic) bond motifs is 1. The lowest BCUT2D eigenvalue weighted by atomic mass is 10.1. The third-order valence-electron chi connectivity index (χ3n) is 5.39. The zero-order chi connectivity index (χ0) is 19.3. The van der Waals surface area contributed by atoms with Gasteiger partial charge in [-0.05, 0) is 43.0 Å². The molecule has 1 heterocycles. The number of carbonyl (C=O) groups excluding carboxylic acids is 1. The number of nitrogens with zero attached hydrogens (tertiary/aromatic N) is 1. The highest BCUT2D eigenvalue weighted by Crippen LogP contribution is 2.35. The molecule has 1 fully saturated rings. The van der Waals surface area contributed by atoms with Crippen LogP contribution < -0.4 is 5.32 Å². The molecule has 1 aromatic heterocycles.